The summed E-state index contributed by atoms with van der Waals surface area (Å²) in [6.07, 6.45) is 2.55. The molecule has 100 valence electrons. The Hall–Kier alpha value is -1.00. The van der Waals surface area contributed by atoms with Gasteiger partial charge in [-0.2, -0.15) is 0 Å². The van der Waals surface area contributed by atoms with Crippen LogP contribution in [0, 0.1) is 17.6 Å². The predicted molar refractivity (Wildman–Crippen MR) is 66.1 cm³/mol. The standard InChI is InChI=1S/C14H19F2NO/c1-9-3-2-4-13(9)17-8-14(18)11-6-5-10(15)7-12(11)16/h5-7,9,13-14,17-18H,2-4,8H2,1H3. The van der Waals surface area contributed by atoms with Gasteiger partial charge in [0.2, 0.25) is 0 Å². The van der Waals surface area contributed by atoms with Crippen LogP contribution in [0.4, 0.5) is 8.78 Å². The van der Waals surface area contributed by atoms with Gasteiger partial charge in [-0.3, -0.25) is 0 Å². The highest BCUT2D eigenvalue weighted by Crippen LogP contribution is 2.25. The van der Waals surface area contributed by atoms with Crippen molar-refractivity contribution < 1.29 is 13.9 Å². The number of aliphatic hydroxyl groups excluding tert-OH is 1. The highest BCUT2D eigenvalue weighted by atomic mass is 19.1. The number of halogens is 2. The van der Waals surface area contributed by atoms with Gasteiger partial charge in [0.15, 0.2) is 0 Å². The third-order valence-corrected chi connectivity index (χ3v) is 3.76. The van der Waals surface area contributed by atoms with Gasteiger partial charge in [-0.25, -0.2) is 8.78 Å². The van der Waals surface area contributed by atoms with Gasteiger partial charge in [0.25, 0.3) is 0 Å². The van der Waals surface area contributed by atoms with Crippen molar-refractivity contribution in [3.8, 4) is 0 Å². The number of hydrogen-bond acceptors (Lipinski definition) is 2. The maximum atomic E-state index is 13.5. The zero-order chi connectivity index (χ0) is 13.1. The molecule has 2 rings (SSSR count). The van der Waals surface area contributed by atoms with Gasteiger partial charge in [0.1, 0.15) is 11.6 Å². The molecule has 0 spiro atoms. The Balaban J connectivity index is 1.93. The van der Waals surface area contributed by atoms with E-state index in [2.05, 4.69) is 12.2 Å². The molecule has 0 heterocycles. The molecule has 0 aliphatic heterocycles. The van der Waals surface area contributed by atoms with Crippen LogP contribution in [-0.4, -0.2) is 17.7 Å². The van der Waals surface area contributed by atoms with Crippen molar-refractivity contribution in [3.63, 3.8) is 0 Å². The zero-order valence-electron chi connectivity index (χ0n) is 10.5. The second-order valence-corrected chi connectivity index (χ2v) is 5.10. The molecule has 1 aromatic carbocycles. The monoisotopic (exact) mass is 255 g/mol. The van der Waals surface area contributed by atoms with Gasteiger partial charge in [-0.1, -0.05) is 19.4 Å². The zero-order valence-corrected chi connectivity index (χ0v) is 10.5. The lowest BCUT2D eigenvalue weighted by Crippen LogP contribution is -2.34. The van der Waals surface area contributed by atoms with Gasteiger partial charge in [0, 0.05) is 24.2 Å². The maximum absolute atomic E-state index is 13.5. The van der Waals surface area contributed by atoms with Crippen LogP contribution in [0.1, 0.15) is 37.9 Å². The lowest BCUT2D eigenvalue weighted by Gasteiger charge is -2.20. The lowest BCUT2D eigenvalue weighted by molar-refractivity contribution is 0.162. The van der Waals surface area contributed by atoms with E-state index >= 15 is 0 Å². The van der Waals surface area contributed by atoms with Crippen molar-refractivity contribution in [2.24, 2.45) is 5.92 Å². The normalized spacial score (nSPS) is 25.3. The summed E-state index contributed by atoms with van der Waals surface area (Å²) >= 11 is 0. The van der Waals surface area contributed by atoms with E-state index in [4.69, 9.17) is 0 Å². The molecule has 1 fully saturated rings. The summed E-state index contributed by atoms with van der Waals surface area (Å²) < 4.78 is 26.2. The molecule has 1 aliphatic carbocycles. The quantitative estimate of drug-likeness (QED) is 0.867. The van der Waals surface area contributed by atoms with Gasteiger partial charge < -0.3 is 10.4 Å². The van der Waals surface area contributed by atoms with E-state index < -0.39 is 17.7 Å². The molecular formula is C14H19F2NO. The fourth-order valence-electron chi connectivity index (χ4n) is 2.59. The Labute approximate surface area is 106 Å². The molecule has 0 amide bonds. The molecule has 3 unspecified atom stereocenters. The lowest BCUT2D eigenvalue weighted by atomic mass is 10.0. The van der Waals surface area contributed by atoms with Crippen LogP contribution in [0.5, 0.6) is 0 Å². The fourth-order valence-corrected chi connectivity index (χ4v) is 2.59. The van der Waals surface area contributed by atoms with Crippen LogP contribution in [0.15, 0.2) is 18.2 Å². The first-order valence-electron chi connectivity index (χ1n) is 6.44. The third kappa shape index (κ3) is 3.06. The molecule has 1 aliphatic rings. The largest absolute Gasteiger partial charge is 0.387 e. The van der Waals surface area contributed by atoms with Gasteiger partial charge in [-0.05, 0) is 24.8 Å². The molecule has 1 saturated carbocycles. The summed E-state index contributed by atoms with van der Waals surface area (Å²) in [5.41, 5.74) is 0.148. The average Bonchev–Trinajstić information content (AvgIpc) is 2.72. The highest BCUT2D eigenvalue weighted by Gasteiger charge is 2.24. The smallest absolute Gasteiger partial charge is 0.131 e. The van der Waals surface area contributed by atoms with Crippen molar-refractivity contribution >= 4 is 0 Å². The minimum atomic E-state index is -0.932. The first-order valence-corrected chi connectivity index (χ1v) is 6.44. The minimum Gasteiger partial charge on any atom is -0.387 e. The third-order valence-electron chi connectivity index (χ3n) is 3.76. The second-order valence-electron chi connectivity index (χ2n) is 5.10. The van der Waals surface area contributed by atoms with Gasteiger partial charge >= 0.3 is 0 Å². The first kappa shape index (κ1) is 13.4. The van der Waals surface area contributed by atoms with Crippen LogP contribution < -0.4 is 5.32 Å². The Morgan fingerprint density at radius 1 is 1.39 bits per heavy atom. The van der Waals surface area contributed by atoms with E-state index in [9.17, 15) is 13.9 Å². The number of aliphatic hydroxyl groups is 1. The summed E-state index contributed by atoms with van der Waals surface area (Å²) in [6, 6.07) is 3.66. The van der Waals surface area contributed by atoms with Crippen molar-refractivity contribution in [1.29, 1.82) is 0 Å². The summed E-state index contributed by atoms with van der Waals surface area (Å²) in [6.45, 7) is 2.48. The SMILES string of the molecule is CC1CCCC1NCC(O)c1ccc(F)cc1F. The second kappa shape index (κ2) is 5.76. The number of rotatable bonds is 4. The Morgan fingerprint density at radius 3 is 2.78 bits per heavy atom. The Kier molecular flexibility index (Phi) is 4.30. The fraction of sp³-hybridized carbons (Fsp3) is 0.571. The first-order chi connectivity index (χ1) is 8.58. The molecule has 18 heavy (non-hydrogen) atoms. The summed E-state index contributed by atoms with van der Waals surface area (Å²) in [4.78, 5) is 0. The number of nitrogens with one attached hydrogen (secondary N) is 1. The van der Waals surface area contributed by atoms with Crippen molar-refractivity contribution in [2.75, 3.05) is 6.54 Å². The molecule has 0 radical (unpaired) electrons. The van der Waals surface area contributed by atoms with Gasteiger partial charge in [0.05, 0.1) is 6.10 Å². The van der Waals surface area contributed by atoms with Gasteiger partial charge in [-0.15, -0.1) is 0 Å². The summed E-state index contributed by atoms with van der Waals surface area (Å²) in [7, 11) is 0. The van der Waals surface area contributed by atoms with Crippen molar-refractivity contribution in [2.45, 2.75) is 38.3 Å². The van der Waals surface area contributed by atoms with E-state index in [0.29, 0.717) is 18.5 Å². The Bertz CT molecular complexity index is 411. The van der Waals surface area contributed by atoms with E-state index in [1.165, 1.54) is 25.0 Å². The average molecular weight is 255 g/mol. The molecule has 0 bridgehead atoms. The van der Waals surface area contributed by atoms with E-state index in [1.807, 2.05) is 0 Å². The number of hydrogen-bond donors (Lipinski definition) is 2. The molecular weight excluding hydrogens is 236 g/mol. The van der Waals surface area contributed by atoms with E-state index in [1.54, 1.807) is 0 Å². The predicted octanol–water partition coefficient (Wildman–Crippen LogP) is 2.78. The number of benzene rings is 1. The molecule has 0 aromatic heterocycles. The minimum absolute atomic E-state index is 0.148. The van der Waals surface area contributed by atoms with Crippen LogP contribution in [0.25, 0.3) is 0 Å². The molecule has 2 nitrogen and oxygen atoms in total. The molecule has 3 atom stereocenters. The molecule has 0 saturated heterocycles. The molecule has 1 aromatic rings. The van der Waals surface area contributed by atoms with E-state index in [-0.39, 0.29) is 5.56 Å². The molecule has 4 heteroatoms. The van der Waals surface area contributed by atoms with Crippen LogP contribution in [0.3, 0.4) is 0 Å². The van der Waals surface area contributed by atoms with Crippen LogP contribution in [-0.2, 0) is 0 Å². The van der Waals surface area contributed by atoms with E-state index in [0.717, 1.165) is 12.5 Å². The van der Waals surface area contributed by atoms with Crippen molar-refractivity contribution in [3.05, 3.63) is 35.4 Å². The van der Waals surface area contributed by atoms with Crippen LogP contribution >= 0.6 is 0 Å². The summed E-state index contributed by atoms with van der Waals surface area (Å²) in [5.74, 6) is -0.722. The molecule has 2 N–H and O–H groups in total. The maximum Gasteiger partial charge on any atom is 0.131 e. The summed E-state index contributed by atoms with van der Waals surface area (Å²) in [5, 5.41) is 13.2. The topological polar surface area (TPSA) is 32.3 Å². The van der Waals surface area contributed by atoms with Crippen molar-refractivity contribution in [1.82, 2.24) is 5.32 Å². The Morgan fingerprint density at radius 2 is 2.17 bits per heavy atom. The van der Waals surface area contributed by atoms with Crippen LogP contribution in [0.2, 0.25) is 0 Å². The highest BCUT2D eigenvalue weighted by molar-refractivity contribution is 5.21.